The lowest BCUT2D eigenvalue weighted by Gasteiger charge is -2.37. The molecule has 1 heterocycles. The standard InChI is InChI=1S/C14H23NO4/c1-10-4-6-14(7-5-10,13(17)18)15-12(16)11-3-2-8-19-9-11/h10-11H,2-9H2,1H3,(H,15,16)(H,17,18). The number of ether oxygens (including phenoxy) is 1. The Hall–Kier alpha value is -1.10. The molecule has 1 amide bonds. The number of carbonyl (C=O) groups excluding carboxylic acids is 1. The van der Waals surface area contributed by atoms with Crippen molar-refractivity contribution in [3.05, 3.63) is 0 Å². The van der Waals surface area contributed by atoms with E-state index in [0.29, 0.717) is 32.0 Å². The minimum Gasteiger partial charge on any atom is -0.480 e. The molecule has 5 nitrogen and oxygen atoms in total. The maximum atomic E-state index is 12.2. The normalized spacial score (nSPS) is 35.6. The van der Waals surface area contributed by atoms with Crippen molar-refractivity contribution in [1.29, 1.82) is 0 Å². The number of carbonyl (C=O) groups is 2. The molecule has 0 aromatic carbocycles. The lowest BCUT2D eigenvalue weighted by Crippen LogP contribution is -2.58. The zero-order valence-electron chi connectivity index (χ0n) is 11.5. The van der Waals surface area contributed by atoms with Crippen LogP contribution in [0.25, 0.3) is 0 Å². The quantitative estimate of drug-likeness (QED) is 0.815. The summed E-state index contributed by atoms with van der Waals surface area (Å²) in [6.45, 7) is 3.24. The lowest BCUT2D eigenvalue weighted by molar-refractivity contribution is -0.151. The van der Waals surface area contributed by atoms with Gasteiger partial charge < -0.3 is 15.2 Å². The van der Waals surface area contributed by atoms with Crippen molar-refractivity contribution in [2.45, 2.75) is 51.0 Å². The van der Waals surface area contributed by atoms with Gasteiger partial charge in [-0.1, -0.05) is 6.92 Å². The Kier molecular flexibility index (Phi) is 4.45. The summed E-state index contributed by atoms with van der Waals surface area (Å²) < 4.78 is 5.29. The fraction of sp³-hybridized carbons (Fsp3) is 0.857. The van der Waals surface area contributed by atoms with Crippen LogP contribution >= 0.6 is 0 Å². The van der Waals surface area contributed by atoms with E-state index in [0.717, 1.165) is 25.7 Å². The molecule has 19 heavy (non-hydrogen) atoms. The van der Waals surface area contributed by atoms with Crippen molar-refractivity contribution in [3.63, 3.8) is 0 Å². The van der Waals surface area contributed by atoms with E-state index < -0.39 is 11.5 Å². The third-order valence-electron chi connectivity index (χ3n) is 4.43. The van der Waals surface area contributed by atoms with Crippen molar-refractivity contribution in [2.24, 2.45) is 11.8 Å². The summed E-state index contributed by atoms with van der Waals surface area (Å²) in [6.07, 6.45) is 4.43. The number of carboxylic acids is 1. The molecule has 0 radical (unpaired) electrons. The molecule has 0 aromatic heterocycles. The van der Waals surface area contributed by atoms with Crippen LogP contribution in [0.1, 0.15) is 45.4 Å². The fourth-order valence-electron chi connectivity index (χ4n) is 2.93. The molecule has 1 saturated heterocycles. The third-order valence-corrected chi connectivity index (χ3v) is 4.43. The average molecular weight is 269 g/mol. The summed E-state index contributed by atoms with van der Waals surface area (Å²) >= 11 is 0. The van der Waals surface area contributed by atoms with Gasteiger partial charge in [-0.2, -0.15) is 0 Å². The highest BCUT2D eigenvalue weighted by molar-refractivity contribution is 5.88. The first-order valence-electron chi connectivity index (χ1n) is 7.17. The van der Waals surface area contributed by atoms with Crippen LogP contribution in [-0.4, -0.2) is 35.7 Å². The van der Waals surface area contributed by atoms with E-state index in [4.69, 9.17) is 4.74 Å². The number of aliphatic carboxylic acids is 1. The Labute approximate surface area is 113 Å². The molecule has 2 aliphatic rings. The SMILES string of the molecule is CC1CCC(NC(=O)C2CCCOC2)(C(=O)O)CC1. The maximum absolute atomic E-state index is 12.2. The first-order valence-corrected chi connectivity index (χ1v) is 7.17. The van der Waals surface area contributed by atoms with Crippen LogP contribution in [0.3, 0.4) is 0 Å². The van der Waals surface area contributed by atoms with Crippen LogP contribution in [-0.2, 0) is 14.3 Å². The van der Waals surface area contributed by atoms with Crippen LogP contribution in [0.4, 0.5) is 0 Å². The van der Waals surface area contributed by atoms with Gasteiger partial charge in [0.25, 0.3) is 0 Å². The Morgan fingerprint density at radius 1 is 1.26 bits per heavy atom. The molecule has 1 unspecified atom stereocenters. The molecule has 2 N–H and O–H groups in total. The first-order chi connectivity index (χ1) is 9.03. The minimum absolute atomic E-state index is 0.156. The predicted octanol–water partition coefficient (Wildman–Crippen LogP) is 1.56. The van der Waals surface area contributed by atoms with Crippen molar-refractivity contribution in [3.8, 4) is 0 Å². The number of rotatable bonds is 3. The van der Waals surface area contributed by atoms with Crippen LogP contribution in [0, 0.1) is 11.8 Å². The topological polar surface area (TPSA) is 75.6 Å². The summed E-state index contributed by atoms with van der Waals surface area (Å²) in [4.78, 5) is 23.8. The van der Waals surface area contributed by atoms with Gasteiger partial charge in [0.1, 0.15) is 5.54 Å². The molecular formula is C14H23NO4. The second-order valence-corrected chi connectivity index (χ2v) is 5.97. The Bertz CT molecular complexity index is 341. The van der Waals surface area contributed by atoms with E-state index in [1.165, 1.54) is 0 Å². The van der Waals surface area contributed by atoms with Gasteiger partial charge in [0.2, 0.25) is 5.91 Å². The molecule has 108 valence electrons. The first kappa shape index (κ1) is 14.3. The van der Waals surface area contributed by atoms with Gasteiger partial charge in [-0.15, -0.1) is 0 Å². The zero-order chi connectivity index (χ0) is 13.9. The molecule has 5 heteroatoms. The Balaban J connectivity index is 2.00. The van der Waals surface area contributed by atoms with Crippen LogP contribution in [0.5, 0.6) is 0 Å². The number of carboxylic acid groups (broad SMARTS) is 1. The average Bonchev–Trinajstić information content (AvgIpc) is 2.42. The molecule has 0 bridgehead atoms. The number of amides is 1. The van der Waals surface area contributed by atoms with Gasteiger partial charge in [-0.05, 0) is 44.4 Å². The number of hydrogen-bond donors (Lipinski definition) is 2. The maximum Gasteiger partial charge on any atom is 0.329 e. The van der Waals surface area contributed by atoms with Crippen molar-refractivity contribution in [2.75, 3.05) is 13.2 Å². The summed E-state index contributed by atoms with van der Waals surface area (Å²) in [5.74, 6) is -0.701. The Morgan fingerprint density at radius 2 is 1.95 bits per heavy atom. The van der Waals surface area contributed by atoms with E-state index in [1.807, 2.05) is 0 Å². The summed E-state index contributed by atoms with van der Waals surface area (Å²) in [5, 5.41) is 12.3. The molecule has 2 rings (SSSR count). The van der Waals surface area contributed by atoms with Crippen molar-refractivity contribution < 1.29 is 19.4 Å². The highest BCUT2D eigenvalue weighted by Crippen LogP contribution is 2.32. The van der Waals surface area contributed by atoms with Gasteiger partial charge in [0.15, 0.2) is 0 Å². The molecule has 0 spiro atoms. The van der Waals surface area contributed by atoms with E-state index >= 15 is 0 Å². The molecule has 1 atom stereocenters. The van der Waals surface area contributed by atoms with Gasteiger partial charge in [0.05, 0.1) is 12.5 Å². The van der Waals surface area contributed by atoms with Gasteiger partial charge in [-0.25, -0.2) is 4.79 Å². The van der Waals surface area contributed by atoms with Crippen LogP contribution < -0.4 is 5.32 Å². The molecule has 1 aliphatic carbocycles. The van der Waals surface area contributed by atoms with Gasteiger partial charge >= 0.3 is 5.97 Å². The fourth-order valence-corrected chi connectivity index (χ4v) is 2.93. The molecule has 0 aromatic rings. The monoisotopic (exact) mass is 269 g/mol. The summed E-state index contributed by atoms with van der Waals surface area (Å²) in [5.41, 5.74) is -1.05. The second kappa shape index (κ2) is 5.90. The van der Waals surface area contributed by atoms with Crippen LogP contribution in [0.2, 0.25) is 0 Å². The van der Waals surface area contributed by atoms with Crippen molar-refractivity contribution >= 4 is 11.9 Å². The smallest absolute Gasteiger partial charge is 0.329 e. The highest BCUT2D eigenvalue weighted by atomic mass is 16.5. The van der Waals surface area contributed by atoms with Gasteiger partial charge in [0, 0.05) is 6.61 Å². The van der Waals surface area contributed by atoms with Crippen molar-refractivity contribution in [1.82, 2.24) is 5.32 Å². The molecule has 1 aliphatic heterocycles. The molecule has 2 fully saturated rings. The van der Waals surface area contributed by atoms with E-state index in [-0.39, 0.29) is 11.8 Å². The highest BCUT2D eigenvalue weighted by Gasteiger charge is 2.43. The van der Waals surface area contributed by atoms with Crippen LogP contribution in [0.15, 0.2) is 0 Å². The molecular weight excluding hydrogens is 246 g/mol. The Morgan fingerprint density at radius 3 is 2.47 bits per heavy atom. The van der Waals surface area contributed by atoms with Gasteiger partial charge in [-0.3, -0.25) is 4.79 Å². The predicted molar refractivity (Wildman–Crippen MR) is 69.7 cm³/mol. The number of hydrogen-bond acceptors (Lipinski definition) is 3. The lowest BCUT2D eigenvalue weighted by atomic mass is 9.76. The van der Waals surface area contributed by atoms with E-state index in [1.54, 1.807) is 0 Å². The molecule has 1 saturated carbocycles. The second-order valence-electron chi connectivity index (χ2n) is 5.97. The summed E-state index contributed by atoms with van der Waals surface area (Å²) in [6, 6.07) is 0. The minimum atomic E-state index is -1.05. The largest absolute Gasteiger partial charge is 0.480 e. The summed E-state index contributed by atoms with van der Waals surface area (Å²) in [7, 11) is 0. The van der Waals surface area contributed by atoms with E-state index in [2.05, 4.69) is 12.2 Å². The van der Waals surface area contributed by atoms with E-state index in [9.17, 15) is 14.7 Å². The third kappa shape index (κ3) is 3.26. The zero-order valence-corrected chi connectivity index (χ0v) is 11.5. The number of nitrogens with one attached hydrogen (secondary N) is 1.